The lowest BCUT2D eigenvalue weighted by atomic mass is 9.99. The number of carbonyl (C=O) groups excluding carboxylic acids is 2. The van der Waals surface area contributed by atoms with Crippen molar-refractivity contribution in [3.63, 3.8) is 0 Å². The van der Waals surface area contributed by atoms with Crippen molar-refractivity contribution in [1.29, 1.82) is 0 Å². The van der Waals surface area contributed by atoms with Gasteiger partial charge in [0, 0.05) is 31.5 Å². The number of hydrogen-bond acceptors (Lipinski definition) is 3. The summed E-state index contributed by atoms with van der Waals surface area (Å²) in [5.41, 5.74) is 0.941. The molecule has 2 fully saturated rings. The molecule has 1 aromatic rings. The number of rotatable bonds is 2. The highest BCUT2D eigenvalue weighted by Crippen LogP contribution is 2.31. The molecule has 5 heteroatoms. The number of aromatic nitrogens is 1. The van der Waals surface area contributed by atoms with Gasteiger partial charge in [-0.3, -0.25) is 14.6 Å². The number of fused-ring (bicyclic) bond motifs is 1. The van der Waals surface area contributed by atoms with Crippen LogP contribution in [0.25, 0.3) is 0 Å². The molecular weight excluding hydrogens is 302 g/mol. The molecule has 1 N–H and O–H groups in total. The summed E-state index contributed by atoms with van der Waals surface area (Å²) in [4.78, 5) is 31.5. The second-order valence-corrected chi connectivity index (χ2v) is 6.94. The third kappa shape index (κ3) is 4.13. The molecule has 0 unspecified atom stereocenters. The fourth-order valence-corrected chi connectivity index (χ4v) is 3.98. The summed E-state index contributed by atoms with van der Waals surface area (Å²) in [6, 6.07) is 3.87. The van der Waals surface area contributed by atoms with E-state index in [4.69, 9.17) is 0 Å². The standard InChI is InChI=1S/C19H27N3O2/c23-18(13-15-7-6-10-20-14-15)22-12-4-2-1-3-11-21-19(24)16-8-5-9-17(16)22/h6-7,10,14,16-17H,1-5,8-9,11-13H2,(H,21,24)/t16-,17+/m0/s1. The van der Waals surface area contributed by atoms with Crippen molar-refractivity contribution in [3.05, 3.63) is 30.1 Å². The lowest BCUT2D eigenvalue weighted by Crippen LogP contribution is -2.47. The minimum absolute atomic E-state index is 0.0408. The Morgan fingerprint density at radius 1 is 1.21 bits per heavy atom. The summed E-state index contributed by atoms with van der Waals surface area (Å²) in [5.74, 6) is 0.228. The molecule has 3 rings (SSSR count). The van der Waals surface area contributed by atoms with E-state index in [9.17, 15) is 9.59 Å². The van der Waals surface area contributed by atoms with Crippen LogP contribution in [0.2, 0.25) is 0 Å². The maximum atomic E-state index is 12.9. The monoisotopic (exact) mass is 329 g/mol. The number of hydrogen-bond donors (Lipinski definition) is 1. The largest absolute Gasteiger partial charge is 0.356 e. The zero-order chi connectivity index (χ0) is 16.8. The quantitative estimate of drug-likeness (QED) is 0.906. The molecule has 2 aliphatic rings. The first-order valence-corrected chi connectivity index (χ1v) is 9.22. The van der Waals surface area contributed by atoms with Crippen LogP contribution in [-0.4, -0.2) is 40.8 Å². The first kappa shape index (κ1) is 16.9. The van der Waals surface area contributed by atoms with E-state index in [0.29, 0.717) is 6.42 Å². The summed E-state index contributed by atoms with van der Waals surface area (Å²) < 4.78 is 0. The molecule has 2 atom stereocenters. The van der Waals surface area contributed by atoms with Gasteiger partial charge in [0.25, 0.3) is 0 Å². The number of pyridine rings is 1. The minimum Gasteiger partial charge on any atom is -0.356 e. The van der Waals surface area contributed by atoms with E-state index in [1.807, 2.05) is 17.0 Å². The molecule has 2 heterocycles. The summed E-state index contributed by atoms with van der Waals surface area (Å²) in [5, 5.41) is 3.07. The van der Waals surface area contributed by atoms with E-state index in [1.165, 1.54) is 0 Å². The summed E-state index contributed by atoms with van der Waals surface area (Å²) >= 11 is 0. The van der Waals surface area contributed by atoms with Gasteiger partial charge in [-0.15, -0.1) is 0 Å². The Bertz CT molecular complexity index is 561. The van der Waals surface area contributed by atoms with E-state index in [-0.39, 0.29) is 23.8 Å². The minimum atomic E-state index is -0.0408. The van der Waals surface area contributed by atoms with Gasteiger partial charge in [-0.25, -0.2) is 0 Å². The van der Waals surface area contributed by atoms with Crippen molar-refractivity contribution in [2.75, 3.05) is 13.1 Å². The molecule has 1 saturated heterocycles. The highest BCUT2D eigenvalue weighted by atomic mass is 16.2. The molecular formula is C19H27N3O2. The Hall–Kier alpha value is -1.91. The Labute approximate surface area is 143 Å². The summed E-state index contributed by atoms with van der Waals surface area (Å²) in [7, 11) is 0. The maximum absolute atomic E-state index is 12.9. The van der Waals surface area contributed by atoms with Crippen LogP contribution < -0.4 is 5.32 Å². The average Bonchev–Trinajstić information content (AvgIpc) is 3.06. The Morgan fingerprint density at radius 3 is 2.92 bits per heavy atom. The number of amides is 2. The van der Waals surface area contributed by atoms with Crippen molar-refractivity contribution in [2.24, 2.45) is 5.92 Å². The Balaban J connectivity index is 1.75. The van der Waals surface area contributed by atoms with E-state index in [1.54, 1.807) is 12.4 Å². The fraction of sp³-hybridized carbons (Fsp3) is 0.632. The van der Waals surface area contributed by atoms with Gasteiger partial charge in [0.05, 0.1) is 12.3 Å². The van der Waals surface area contributed by atoms with Gasteiger partial charge in [0.15, 0.2) is 0 Å². The van der Waals surface area contributed by atoms with E-state index >= 15 is 0 Å². The number of nitrogens with one attached hydrogen (secondary N) is 1. The van der Waals surface area contributed by atoms with E-state index < -0.39 is 0 Å². The molecule has 0 bridgehead atoms. The van der Waals surface area contributed by atoms with Gasteiger partial charge >= 0.3 is 0 Å². The lowest BCUT2D eigenvalue weighted by molar-refractivity contribution is -0.136. The predicted octanol–water partition coefficient (Wildman–Crippen LogP) is 2.31. The van der Waals surface area contributed by atoms with Crippen LogP contribution in [0.3, 0.4) is 0 Å². The number of nitrogens with zero attached hydrogens (tertiary/aromatic N) is 2. The summed E-state index contributed by atoms with van der Waals surface area (Å²) in [6.45, 7) is 1.54. The lowest BCUT2D eigenvalue weighted by Gasteiger charge is -2.32. The smallest absolute Gasteiger partial charge is 0.227 e. The van der Waals surface area contributed by atoms with Crippen LogP contribution in [-0.2, 0) is 16.0 Å². The van der Waals surface area contributed by atoms with Crippen LogP contribution in [0.4, 0.5) is 0 Å². The van der Waals surface area contributed by atoms with Gasteiger partial charge in [-0.2, -0.15) is 0 Å². The van der Waals surface area contributed by atoms with E-state index in [0.717, 1.165) is 63.6 Å². The van der Waals surface area contributed by atoms with Crippen molar-refractivity contribution in [1.82, 2.24) is 15.2 Å². The van der Waals surface area contributed by atoms with Gasteiger partial charge in [0.1, 0.15) is 0 Å². The van der Waals surface area contributed by atoms with Crippen molar-refractivity contribution >= 4 is 11.8 Å². The molecule has 24 heavy (non-hydrogen) atoms. The van der Waals surface area contributed by atoms with Crippen molar-refractivity contribution in [3.8, 4) is 0 Å². The van der Waals surface area contributed by atoms with Gasteiger partial charge in [0.2, 0.25) is 11.8 Å². The first-order valence-electron chi connectivity index (χ1n) is 9.22. The number of carbonyl (C=O) groups is 2. The van der Waals surface area contributed by atoms with Gasteiger partial charge in [-0.1, -0.05) is 25.3 Å². The molecule has 2 amide bonds. The van der Waals surface area contributed by atoms with Crippen LogP contribution in [0, 0.1) is 5.92 Å². The Kier molecular flexibility index (Phi) is 5.83. The fourth-order valence-electron chi connectivity index (χ4n) is 3.98. The molecule has 1 aromatic heterocycles. The molecule has 0 aromatic carbocycles. The van der Waals surface area contributed by atoms with Gasteiger partial charge in [-0.05, 0) is 37.3 Å². The topological polar surface area (TPSA) is 62.3 Å². The second kappa shape index (κ2) is 8.27. The van der Waals surface area contributed by atoms with Crippen LogP contribution in [0.15, 0.2) is 24.5 Å². The third-order valence-corrected chi connectivity index (χ3v) is 5.24. The highest BCUT2D eigenvalue weighted by molar-refractivity contribution is 5.83. The molecule has 1 aliphatic carbocycles. The third-order valence-electron chi connectivity index (χ3n) is 5.24. The molecule has 1 aliphatic heterocycles. The van der Waals surface area contributed by atoms with Crippen LogP contribution in [0.5, 0.6) is 0 Å². The molecule has 5 nitrogen and oxygen atoms in total. The molecule has 0 spiro atoms. The van der Waals surface area contributed by atoms with Crippen LogP contribution >= 0.6 is 0 Å². The first-order chi connectivity index (χ1) is 11.8. The molecule has 130 valence electrons. The molecule has 1 saturated carbocycles. The SMILES string of the molecule is O=C1NCCCCCCN(C(=O)Cc2cccnc2)[C@@H]2CCC[C@H]12. The normalized spacial score (nSPS) is 25.5. The van der Waals surface area contributed by atoms with Crippen molar-refractivity contribution in [2.45, 2.75) is 57.4 Å². The zero-order valence-corrected chi connectivity index (χ0v) is 14.2. The zero-order valence-electron chi connectivity index (χ0n) is 14.2. The summed E-state index contributed by atoms with van der Waals surface area (Å²) in [6.07, 6.45) is 11.0. The molecule has 0 radical (unpaired) electrons. The average molecular weight is 329 g/mol. The van der Waals surface area contributed by atoms with Crippen LogP contribution in [0.1, 0.15) is 50.5 Å². The maximum Gasteiger partial charge on any atom is 0.227 e. The highest BCUT2D eigenvalue weighted by Gasteiger charge is 2.38. The Morgan fingerprint density at radius 2 is 2.08 bits per heavy atom. The van der Waals surface area contributed by atoms with Crippen molar-refractivity contribution < 1.29 is 9.59 Å². The van der Waals surface area contributed by atoms with E-state index in [2.05, 4.69) is 10.3 Å². The second-order valence-electron chi connectivity index (χ2n) is 6.94. The van der Waals surface area contributed by atoms with Gasteiger partial charge < -0.3 is 10.2 Å². The predicted molar refractivity (Wildman–Crippen MR) is 92.3 cm³/mol.